The molecule has 1 amide bonds. The summed E-state index contributed by atoms with van der Waals surface area (Å²) in [6.07, 6.45) is 0. The van der Waals surface area contributed by atoms with Gasteiger partial charge in [-0.25, -0.2) is 8.42 Å². The Bertz CT molecular complexity index is 1130. The van der Waals surface area contributed by atoms with Crippen LogP contribution in [0.15, 0.2) is 83.8 Å². The van der Waals surface area contributed by atoms with Crippen LogP contribution >= 0.6 is 0 Å². The molecule has 3 aromatic rings. The van der Waals surface area contributed by atoms with Crippen LogP contribution in [0.2, 0.25) is 0 Å². The molecule has 0 saturated heterocycles. The molecule has 0 heterocycles. The first kappa shape index (κ1) is 22.6. The molecule has 5 nitrogen and oxygen atoms in total. The number of nitrogens with one attached hydrogen (secondary N) is 1. The van der Waals surface area contributed by atoms with Crippen molar-refractivity contribution in [1.29, 1.82) is 0 Å². The Morgan fingerprint density at radius 1 is 0.903 bits per heavy atom. The molecule has 31 heavy (non-hydrogen) atoms. The van der Waals surface area contributed by atoms with Gasteiger partial charge in [-0.2, -0.15) is 0 Å². The molecule has 0 aliphatic carbocycles. The highest BCUT2D eigenvalue weighted by Gasteiger charge is 2.28. The molecule has 3 rings (SSSR count). The summed E-state index contributed by atoms with van der Waals surface area (Å²) in [5.41, 5.74) is 3.36. The highest BCUT2D eigenvalue weighted by Crippen LogP contribution is 2.26. The van der Waals surface area contributed by atoms with Crippen molar-refractivity contribution in [3.8, 4) is 0 Å². The number of nitrogens with zero attached hydrogens (tertiary/aromatic N) is 1. The van der Waals surface area contributed by atoms with Crippen molar-refractivity contribution >= 4 is 21.6 Å². The normalized spacial score (nSPS) is 12.2. The maximum Gasteiger partial charge on any atom is 0.264 e. The molecule has 0 saturated carbocycles. The number of hydrogen-bond donors (Lipinski definition) is 1. The predicted molar refractivity (Wildman–Crippen MR) is 125 cm³/mol. The molecular formula is C25H28N2O3S. The first-order chi connectivity index (χ1) is 14.8. The van der Waals surface area contributed by atoms with Crippen molar-refractivity contribution < 1.29 is 13.2 Å². The zero-order chi connectivity index (χ0) is 22.4. The smallest absolute Gasteiger partial charge is 0.264 e. The van der Waals surface area contributed by atoms with Crippen LogP contribution in [0.5, 0.6) is 0 Å². The maximum absolute atomic E-state index is 13.4. The zero-order valence-corrected chi connectivity index (χ0v) is 18.9. The van der Waals surface area contributed by atoms with Crippen molar-refractivity contribution in [2.24, 2.45) is 0 Å². The second-order valence-electron chi connectivity index (χ2n) is 7.73. The van der Waals surface area contributed by atoms with E-state index in [0.717, 1.165) is 16.7 Å². The fraction of sp³-hybridized carbons (Fsp3) is 0.240. The van der Waals surface area contributed by atoms with E-state index in [1.807, 2.05) is 63.2 Å². The van der Waals surface area contributed by atoms with Gasteiger partial charge < -0.3 is 5.32 Å². The summed E-state index contributed by atoms with van der Waals surface area (Å²) in [6, 6.07) is 23.7. The number of anilines is 1. The van der Waals surface area contributed by atoms with Gasteiger partial charge in [0.25, 0.3) is 10.0 Å². The summed E-state index contributed by atoms with van der Waals surface area (Å²) < 4.78 is 28.1. The molecule has 6 heteroatoms. The van der Waals surface area contributed by atoms with E-state index in [0.29, 0.717) is 12.2 Å². The van der Waals surface area contributed by atoms with Gasteiger partial charge in [0.05, 0.1) is 10.6 Å². The monoisotopic (exact) mass is 436 g/mol. The molecule has 0 unspecified atom stereocenters. The number of amides is 1. The van der Waals surface area contributed by atoms with Crippen molar-refractivity contribution in [3.63, 3.8) is 0 Å². The number of carbonyl (C=O) groups is 1. The summed E-state index contributed by atoms with van der Waals surface area (Å²) in [5, 5.41) is 2.89. The lowest BCUT2D eigenvalue weighted by Gasteiger charge is -2.26. The predicted octanol–water partition coefficient (Wildman–Crippen LogP) is 4.42. The van der Waals surface area contributed by atoms with E-state index in [4.69, 9.17) is 0 Å². The minimum atomic E-state index is -3.91. The number of para-hydroxylation sites is 1. The van der Waals surface area contributed by atoms with E-state index >= 15 is 0 Å². The highest BCUT2D eigenvalue weighted by atomic mass is 32.2. The Hall–Kier alpha value is -3.12. The van der Waals surface area contributed by atoms with Crippen molar-refractivity contribution in [1.82, 2.24) is 5.32 Å². The molecule has 0 spiro atoms. The Morgan fingerprint density at radius 3 is 2.16 bits per heavy atom. The van der Waals surface area contributed by atoms with Crippen LogP contribution in [-0.4, -0.2) is 27.4 Å². The number of hydrogen-bond acceptors (Lipinski definition) is 3. The number of aryl methyl sites for hydroxylation is 2. The SMILES string of the molecule is Cc1ccc(S(=O)(=O)N(CC(=O)NC[C@H](C)c2ccccc2)c2ccccc2C)cc1. The molecule has 0 fully saturated rings. The summed E-state index contributed by atoms with van der Waals surface area (Å²) in [4.78, 5) is 12.9. The number of sulfonamides is 1. The summed E-state index contributed by atoms with van der Waals surface area (Å²) >= 11 is 0. The number of carbonyl (C=O) groups excluding carboxylic acids is 1. The van der Waals surface area contributed by atoms with Gasteiger partial charge in [-0.05, 0) is 49.1 Å². The quantitative estimate of drug-likeness (QED) is 0.568. The average molecular weight is 437 g/mol. The van der Waals surface area contributed by atoms with Crippen LogP contribution in [0.1, 0.15) is 29.5 Å². The lowest BCUT2D eigenvalue weighted by atomic mass is 10.0. The van der Waals surface area contributed by atoms with Crippen molar-refractivity contribution in [3.05, 3.63) is 95.6 Å². The third-order valence-electron chi connectivity index (χ3n) is 5.25. The summed E-state index contributed by atoms with van der Waals surface area (Å²) in [7, 11) is -3.91. The summed E-state index contributed by atoms with van der Waals surface area (Å²) in [5.74, 6) is -0.229. The van der Waals surface area contributed by atoms with Gasteiger partial charge in [0.1, 0.15) is 6.54 Å². The Labute approximate surface area is 184 Å². The molecule has 162 valence electrons. The first-order valence-corrected chi connectivity index (χ1v) is 11.7. The van der Waals surface area contributed by atoms with Gasteiger partial charge in [-0.1, -0.05) is 73.2 Å². The van der Waals surface area contributed by atoms with E-state index in [9.17, 15) is 13.2 Å². The van der Waals surface area contributed by atoms with Gasteiger partial charge in [0.2, 0.25) is 5.91 Å². The van der Waals surface area contributed by atoms with Crippen LogP contribution in [0.3, 0.4) is 0 Å². The number of benzene rings is 3. The lowest BCUT2D eigenvalue weighted by Crippen LogP contribution is -2.42. The van der Waals surface area contributed by atoms with Crippen LogP contribution < -0.4 is 9.62 Å². The Morgan fingerprint density at radius 2 is 1.52 bits per heavy atom. The molecule has 0 radical (unpaired) electrons. The Kier molecular flexibility index (Phi) is 7.13. The first-order valence-electron chi connectivity index (χ1n) is 10.3. The molecule has 1 atom stereocenters. The average Bonchev–Trinajstić information content (AvgIpc) is 2.77. The second kappa shape index (κ2) is 9.79. The van der Waals surface area contributed by atoms with Gasteiger partial charge in [-0.3, -0.25) is 9.10 Å². The van der Waals surface area contributed by atoms with E-state index < -0.39 is 10.0 Å². The van der Waals surface area contributed by atoms with Crippen molar-refractivity contribution in [2.75, 3.05) is 17.4 Å². The maximum atomic E-state index is 13.4. The third-order valence-corrected chi connectivity index (χ3v) is 7.03. The van der Waals surface area contributed by atoms with Gasteiger partial charge in [-0.15, -0.1) is 0 Å². The standard InChI is InChI=1S/C25H28N2O3S/c1-19-13-15-23(16-14-19)31(29,30)27(24-12-8-7-9-20(24)2)18-25(28)26-17-21(3)22-10-5-4-6-11-22/h4-16,21H,17-18H2,1-3H3,(H,26,28)/t21-/m0/s1. The fourth-order valence-corrected chi connectivity index (χ4v) is 4.82. The van der Waals surface area contributed by atoms with Gasteiger partial charge >= 0.3 is 0 Å². The zero-order valence-electron chi connectivity index (χ0n) is 18.1. The molecule has 0 aliphatic rings. The topological polar surface area (TPSA) is 66.5 Å². The third kappa shape index (κ3) is 5.52. The van der Waals surface area contributed by atoms with Crippen LogP contribution in [0, 0.1) is 13.8 Å². The van der Waals surface area contributed by atoms with Crippen LogP contribution in [0.25, 0.3) is 0 Å². The number of rotatable bonds is 8. The molecule has 0 aliphatic heterocycles. The van der Waals surface area contributed by atoms with Crippen LogP contribution in [-0.2, 0) is 14.8 Å². The highest BCUT2D eigenvalue weighted by molar-refractivity contribution is 7.92. The largest absolute Gasteiger partial charge is 0.354 e. The van der Waals surface area contributed by atoms with Crippen molar-refractivity contribution in [2.45, 2.75) is 31.6 Å². The van der Waals surface area contributed by atoms with E-state index in [2.05, 4.69) is 5.32 Å². The molecule has 0 bridgehead atoms. The minimum Gasteiger partial charge on any atom is -0.354 e. The lowest BCUT2D eigenvalue weighted by molar-refractivity contribution is -0.119. The molecular weight excluding hydrogens is 408 g/mol. The van der Waals surface area contributed by atoms with E-state index in [1.165, 1.54) is 4.31 Å². The van der Waals surface area contributed by atoms with E-state index in [-0.39, 0.29) is 23.3 Å². The van der Waals surface area contributed by atoms with Gasteiger partial charge in [0, 0.05) is 6.54 Å². The van der Waals surface area contributed by atoms with E-state index in [1.54, 1.807) is 36.4 Å². The molecule has 0 aromatic heterocycles. The summed E-state index contributed by atoms with van der Waals surface area (Å²) in [6.45, 7) is 5.90. The fourth-order valence-electron chi connectivity index (χ4n) is 3.33. The van der Waals surface area contributed by atoms with Crippen LogP contribution in [0.4, 0.5) is 5.69 Å². The molecule has 1 N–H and O–H groups in total. The molecule has 3 aromatic carbocycles. The van der Waals surface area contributed by atoms with Gasteiger partial charge in [0.15, 0.2) is 0 Å². The minimum absolute atomic E-state index is 0.116. The second-order valence-corrected chi connectivity index (χ2v) is 9.59. The Balaban J connectivity index is 1.83.